The van der Waals surface area contributed by atoms with Gasteiger partial charge in [0.05, 0.1) is 0 Å². The Morgan fingerprint density at radius 3 is 2.62 bits per heavy atom. The first kappa shape index (κ1) is 10.6. The van der Waals surface area contributed by atoms with Gasteiger partial charge in [-0.25, -0.2) is 0 Å². The molecule has 0 saturated carbocycles. The zero-order valence-electron chi connectivity index (χ0n) is 8.07. The van der Waals surface area contributed by atoms with Crippen LogP contribution in [0.3, 0.4) is 0 Å². The van der Waals surface area contributed by atoms with Crippen LogP contribution < -0.4 is 5.73 Å². The Morgan fingerprint density at radius 2 is 2.00 bits per heavy atom. The Hall–Kier alpha value is -0.470. The third kappa shape index (κ3) is 4.34. The van der Waals surface area contributed by atoms with Crippen LogP contribution in [0.2, 0.25) is 0 Å². The maximum atomic E-state index is 5.54. The van der Waals surface area contributed by atoms with Crippen molar-refractivity contribution in [3.63, 3.8) is 0 Å². The lowest BCUT2D eigenvalue weighted by Crippen LogP contribution is -2.12. The van der Waals surface area contributed by atoms with E-state index in [9.17, 15) is 0 Å². The van der Waals surface area contributed by atoms with Crippen LogP contribution in [0.4, 0.5) is 0 Å². The molecule has 1 aromatic rings. The molecule has 13 heavy (non-hydrogen) atoms. The smallest absolute Gasteiger partial charge is 0.0184 e. The normalized spacial score (nSPS) is 12.8. The van der Waals surface area contributed by atoms with E-state index in [4.69, 9.17) is 5.73 Å². The summed E-state index contributed by atoms with van der Waals surface area (Å²) in [6, 6.07) is 10.6. The minimum atomic E-state index is 0.633. The van der Waals surface area contributed by atoms with Gasteiger partial charge in [0.15, 0.2) is 0 Å². The van der Waals surface area contributed by atoms with Gasteiger partial charge in [-0.1, -0.05) is 37.3 Å². The van der Waals surface area contributed by atoms with E-state index in [-0.39, 0.29) is 0 Å². The van der Waals surface area contributed by atoms with Gasteiger partial charge < -0.3 is 5.73 Å². The van der Waals surface area contributed by atoms with E-state index in [0.717, 1.165) is 18.1 Å². The number of benzene rings is 1. The van der Waals surface area contributed by atoms with Crippen molar-refractivity contribution in [3.8, 4) is 0 Å². The lowest BCUT2D eigenvalue weighted by atomic mass is 10.2. The van der Waals surface area contributed by atoms with Crippen LogP contribution in [0.15, 0.2) is 30.3 Å². The lowest BCUT2D eigenvalue weighted by molar-refractivity contribution is 0.675. The maximum Gasteiger partial charge on any atom is 0.0184 e. The quantitative estimate of drug-likeness (QED) is 0.781. The SMILES string of the molecule is CC(CN)CSCc1ccccc1. The standard InChI is InChI=1S/C11H17NS/c1-10(7-12)8-13-9-11-5-3-2-4-6-11/h2-6,10H,7-9,12H2,1H3. The number of thioether (sulfide) groups is 1. The summed E-state index contributed by atoms with van der Waals surface area (Å²) >= 11 is 1.96. The molecule has 0 aliphatic heterocycles. The average molecular weight is 195 g/mol. The summed E-state index contributed by atoms with van der Waals surface area (Å²) in [6.07, 6.45) is 0. The summed E-state index contributed by atoms with van der Waals surface area (Å²) in [4.78, 5) is 0. The highest BCUT2D eigenvalue weighted by atomic mass is 32.2. The maximum absolute atomic E-state index is 5.54. The second-order valence-electron chi connectivity index (χ2n) is 3.34. The van der Waals surface area contributed by atoms with E-state index in [1.54, 1.807) is 0 Å². The molecule has 0 amide bonds. The number of nitrogens with two attached hydrogens (primary N) is 1. The summed E-state index contributed by atoms with van der Waals surface area (Å²) in [5.74, 6) is 2.89. The Morgan fingerprint density at radius 1 is 1.31 bits per heavy atom. The molecule has 2 N–H and O–H groups in total. The molecular weight excluding hydrogens is 178 g/mol. The fourth-order valence-corrected chi connectivity index (χ4v) is 2.10. The first-order valence-electron chi connectivity index (χ1n) is 4.64. The van der Waals surface area contributed by atoms with Crippen LogP contribution in [0.5, 0.6) is 0 Å². The average Bonchev–Trinajstić information content (AvgIpc) is 2.19. The minimum absolute atomic E-state index is 0.633. The van der Waals surface area contributed by atoms with Crippen LogP contribution in [0, 0.1) is 5.92 Å². The van der Waals surface area contributed by atoms with Gasteiger partial charge in [0.2, 0.25) is 0 Å². The van der Waals surface area contributed by atoms with Crippen molar-refractivity contribution >= 4 is 11.8 Å². The van der Waals surface area contributed by atoms with E-state index < -0.39 is 0 Å². The van der Waals surface area contributed by atoms with E-state index in [0.29, 0.717) is 5.92 Å². The van der Waals surface area contributed by atoms with Crippen LogP contribution in [-0.4, -0.2) is 12.3 Å². The van der Waals surface area contributed by atoms with E-state index >= 15 is 0 Å². The molecule has 0 radical (unpaired) electrons. The Labute approximate surface area is 84.7 Å². The van der Waals surface area contributed by atoms with Gasteiger partial charge >= 0.3 is 0 Å². The van der Waals surface area contributed by atoms with Crippen molar-refractivity contribution in [3.05, 3.63) is 35.9 Å². The number of hydrogen-bond donors (Lipinski definition) is 1. The summed E-state index contributed by atoms with van der Waals surface area (Å²) in [5, 5.41) is 0. The van der Waals surface area contributed by atoms with Crippen LogP contribution in [0.25, 0.3) is 0 Å². The van der Waals surface area contributed by atoms with Gasteiger partial charge in [0, 0.05) is 5.75 Å². The Balaban J connectivity index is 2.20. The molecule has 1 atom stereocenters. The molecule has 2 heteroatoms. The van der Waals surface area contributed by atoms with Gasteiger partial charge in [0.1, 0.15) is 0 Å². The monoisotopic (exact) mass is 195 g/mol. The first-order chi connectivity index (χ1) is 6.33. The Bertz CT molecular complexity index is 223. The third-order valence-electron chi connectivity index (χ3n) is 1.92. The summed E-state index contributed by atoms with van der Waals surface area (Å²) in [5.41, 5.74) is 6.94. The van der Waals surface area contributed by atoms with Gasteiger partial charge in [0.25, 0.3) is 0 Å². The van der Waals surface area contributed by atoms with Crippen molar-refractivity contribution in [1.29, 1.82) is 0 Å². The largest absolute Gasteiger partial charge is 0.330 e. The molecule has 0 fully saturated rings. The number of hydrogen-bond acceptors (Lipinski definition) is 2. The van der Waals surface area contributed by atoms with Crippen LogP contribution >= 0.6 is 11.8 Å². The molecule has 0 saturated heterocycles. The van der Waals surface area contributed by atoms with Crippen molar-refractivity contribution < 1.29 is 0 Å². The molecule has 0 bridgehead atoms. The zero-order valence-corrected chi connectivity index (χ0v) is 8.89. The molecule has 0 aromatic heterocycles. The number of rotatable bonds is 5. The topological polar surface area (TPSA) is 26.0 Å². The highest BCUT2D eigenvalue weighted by Gasteiger charge is 1.98. The summed E-state index contributed by atoms with van der Waals surface area (Å²) in [7, 11) is 0. The Kier molecular flexibility index (Phi) is 4.94. The molecule has 0 aliphatic carbocycles. The molecule has 1 rings (SSSR count). The minimum Gasteiger partial charge on any atom is -0.330 e. The van der Waals surface area contributed by atoms with Gasteiger partial charge in [-0.15, -0.1) is 0 Å². The van der Waals surface area contributed by atoms with Gasteiger partial charge in [-0.3, -0.25) is 0 Å². The van der Waals surface area contributed by atoms with Gasteiger partial charge in [-0.05, 0) is 23.8 Å². The highest BCUT2D eigenvalue weighted by Crippen LogP contribution is 2.14. The molecule has 72 valence electrons. The first-order valence-corrected chi connectivity index (χ1v) is 5.80. The van der Waals surface area contributed by atoms with Gasteiger partial charge in [-0.2, -0.15) is 11.8 Å². The molecule has 0 aliphatic rings. The second-order valence-corrected chi connectivity index (χ2v) is 4.37. The fourth-order valence-electron chi connectivity index (χ4n) is 1.02. The van der Waals surface area contributed by atoms with Crippen LogP contribution in [-0.2, 0) is 5.75 Å². The molecule has 1 aromatic carbocycles. The molecule has 1 unspecified atom stereocenters. The molecular formula is C11H17NS. The van der Waals surface area contributed by atoms with Crippen molar-refractivity contribution in [1.82, 2.24) is 0 Å². The van der Waals surface area contributed by atoms with E-state index in [2.05, 4.69) is 37.3 Å². The van der Waals surface area contributed by atoms with E-state index in [1.807, 2.05) is 11.8 Å². The lowest BCUT2D eigenvalue weighted by Gasteiger charge is -2.07. The highest BCUT2D eigenvalue weighted by molar-refractivity contribution is 7.98. The fraction of sp³-hybridized carbons (Fsp3) is 0.455. The van der Waals surface area contributed by atoms with Crippen molar-refractivity contribution in [2.24, 2.45) is 11.7 Å². The van der Waals surface area contributed by atoms with Crippen LogP contribution in [0.1, 0.15) is 12.5 Å². The van der Waals surface area contributed by atoms with Crippen molar-refractivity contribution in [2.45, 2.75) is 12.7 Å². The predicted molar refractivity (Wildman–Crippen MR) is 60.8 cm³/mol. The van der Waals surface area contributed by atoms with E-state index in [1.165, 1.54) is 5.56 Å². The second kappa shape index (κ2) is 6.06. The third-order valence-corrected chi connectivity index (χ3v) is 3.26. The van der Waals surface area contributed by atoms with Crippen molar-refractivity contribution in [2.75, 3.05) is 12.3 Å². The zero-order chi connectivity index (χ0) is 9.52. The predicted octanol–water partition coefficient (Wildman–Crippen LogP) is 2.51. The summed E-state index contributed by atoms with van der Waals surface area (Å²) in [6.45, 7) is 2.99. The summed E-state index contributed by atoms with van der Waals surface area (Å²) < 4.78 is 0. The molecule has 0 spiro atoms. The molecule has 1 nitrogen and oxygen atoms in total. The molecule has 0 heterocycles.